The van der Waals surface area contributed by atoms with Gasteiger partial charge in [0.2, 0.25) is 0 Å². The maximum Gasteiger partial charge on any atom is 0.110 e. The SMILES string of the molecule is CC1(C)CCC2(CC3CC(CC4(C)CCC5(Cc6ccc5o6)C4)C2C3)C1. The van der Waals surface area contributed by atoms with Gasteiger partial charge in [-0.05, 0) is 110 Å². The van der Waals surface area contributed by atoms with Gasteiger partial charge in [0.15, 0.2) is 0 Å². The van der Waals surface area contributed by atoms with Crippen molar-refractivity contribution in [3.8, 4) is 0 Å². The summed E-state index contributed by atoms with van der Waals surface area (Å²) in [6.45, 7) is 7.69. The zero-order valence-corrected chi connectivity index (χ0v) is 17.1. The van der Waals surface area contributed by atoms with Crippen molar-refractivity contribution in [3.05, 3.63) is 23.7 Å². The van der Waals surface area contributed by atoms with Crippen LogP contribution in [0.25, 0.3) is 0 Å². The van der Waals surface area contributed by atoms with Gasteiger partial charge in [0.25, 0.3) is 0 Å². The summed E-state index contributed by atoms with van der Waals surface area (Å²) in [5.74, 6) is 5.71. The van der Waals surface area contributed by atoms with Crippen molar-refractivity contribution >= 4 is 0 Å². The third-order valence-electron chi connectivity index (χ3n) is 9.83. The van der Waals surface area contributed by atoms with Crippen molar-refractivity contribution in [1.82, 2.24) is 0 Å². The molecular weight excluding hydrogens is 316 g/mol. The highest BCUT2D eigenvalue weighted by atomic mass is 16.3. The highest BCUT2D eigenvalue weighted by Gasteiger charge is 2.60. The molecule has 4 saturated carbocycles. The second kappa shape index (κ2) is 4.81. The van der Waals surface area contributed by atoms with Crippen molar-refractivity contribution in [2.45, 2.75) is 96.8 Å². The standard InChI is InChI=1S/C25H36O/c1-22(2)6-8-24(15-22)12-17-10-18(20(24)11-17)13-23(3)7-9-25(16-23)14-19-4-5-21(25)26-19/h4-5,17-18,20H,6-16H2,1-3H3. The van der Waals surface area contributed by atoms with Gasteiger partial charge in [-0.15, -0.1) is 0 Å². The lowest BCUT2D eigenvalue weighted by molar-refractivity contribution is 0.0702. The summed E-state index contributed by atoms with van der Waals surface area (Å²) in [5, 5.41) is 0. The van der Waals surface area contributed by atoms with Gasteiger partial charge in [0.05, 0.1) is 0 Å². The van der Waals surface area contributed by atoms with Gasteiger partial charge in [-0.3, -0.25) is 0 Å². The number of furan rings is 1. The van der Waals surface area contributed by atoms with Crippen LogP contribution in [-0.4, -0.2) is 0 Å². The van der Waals surface area contributed by atoms with Crippen LogP contribution in [0.3, 0.4) is 0 Å². The maximum atomic E-state index is 6.04. The van der Waals surface area contributed by atoms with Crippen LogP contribution in [0.15, 0.2) is 16.5 Å². The van der Waals surface area contributed by atoms with E-state index in [4.69, 9.17) is 4.42 Å². The Balaban J connectivity index is 1.20. The molecule has 6 unspecified atom stereocenters. The summed E-state index contributed by atoms with van der Waals surface area (Å²) in [6.07, 6.45) is 16.1. The van der Waals surface area contributed by atoms with E-state index >= 15 is 0 Å². The summed E-state index contributed by atoms with van der Waals surface area (Å²) in [4.78, 5) is 0. The smallest absolute Gasteiger partial charge is 0.110 e. The Bertz CT molecular complexity index is 743. The molecule has 4 fully saturated rings. The first-order valence-electron chi connectivity index (χ1n) is 11.4. The predicted molar refractivity (Wildman–Crippen MR) is 105 cm³/mol. The fraction of sp³-hybridized carbons (Fsp3) is 0.840. The van der Waals surface area contributed by atoms with Gasteiger partial charge in [0, 0.05) is 11.8 Å². The molecule has 142 valence electrons. The van der Waals surface area contributed by atoms with Crippen LogP contribution in [0, 0.1) is 34.0 Å². The molecule has 0 radical (unpaired) electrons. The number of hydrogen-bond donors (Lipinski definition) is 0. The number of fused-ring (bicyclic) bond motifs is 6. The third kappa shape index (κ3) is 2.15. The van der Waals surface area contributed by atoms with Crippen molar-refractivity contribution in [2.24, 2.45) is 34.0 Å². The predicted octanol–water partition coefficient (Wildman–Crippen LogP) is 6.90. The molecule has 1 nitrogen and oxygen atoms in total. The zero-order chi connectivity index (χ0) is 17.8. The fourth-order valence-electron chi connectivity index (χ4n) is 9.20. The Morgan fingerprint density at radius 1 is 1.00 bits per heavy atom. The lowest BCUT2D eigenvalue weighted by Crippen LogP contribution is -2.34. The molecule has 0 N–H and O–H groups in total. The second-order valence-corrected chi connectivity index (χ2v) is 12.5. The molecular formula is C25H36O. The first kappa shape index (κ1) is 16.3. The molecule has 0 amide bonds. The molecule has 1 aromatic rings. The summed E-state index contributed by atoms with van der Waals surface area (Å²) in [5.41, 5.74) is 2.30. The minimum absolute atomic E-state index is 0.392. The Hall–Kier alpha value is -0.720. The van der Waals surface area contributed by atoms with Crippen LogP contribution in [0.4, 0.5) is 0 Å². The van der Waals surface area contributed by atoms with Crippen molar-refractivity contribution in [2.75, 3.05) is 0 Å². The summed E-state index contributed by atoms with van der Waals surface area (Å²) >= 11 is 0. The van der Waals surface area contributed by atoms with Crippen LogP contribution in [0.5, 0.6) is 0 Å². The van der Waals surface area contributed by atoms with Gasteiger partial charge in [0.1, 0.15) is 11.5 Å². The first-order chi connectivity index (χ1) is 12.3. The molecule has 26 heavy (non-hydrogen) atoms. The third-order valence-corrected chi connectivity index (χ3v) is 9.83. The second-order valence-electron chi connectivity index (χ2n) is 12.5. The van der Waals surface area contributed by atoms with E-state index in [1.165, 1.54) is 62.9 Å². The Labute approximate surface area is 159 Å². The van der Waals surface area contributed by atoms with Gasteiger partial charge in [-0.25, -0.2) is 0 Å². The van der Waals surface area contributed by atoms with Crippen molar-refractivity contribution in [1.29, 1.82) is 0 Å². The number of hydrogen-bond acceptors (Lipinski definition) is 1. The molecule has 6 rings (SSSR count). The molecule has 4 aliphatic carbocycles. The zero-order valence-electron chi connectivity index (χ0n) is 17.1. The van der Waals surface area contributed by atoms with E-state index in [-0.39, 0.29) is 0 Å². The van der Waals surface area contributed by atoms with E-state index in [0.29, 0.717) is 16.2 Å². The topological polar surface area (TPSA) is 13.1 Å². The van der Waals surface area contributed by atoms with Crippen molar-refractivity contribution in [3.63, 3.8) is 0 Å². The lowest BCUT2D eigenvalue weighted by Gasteiger charge is -2.43. The van der Waals surface area contributed by atoms with Gasteiger partial charge < -0.3 is 4.42 Å². The largest absolute Gasteiger partial charge is 0.465 e. The minimum atomic E-state index is 0.392. The van der Waals surface area contributed by atoms with Crippen LogP contribution in [0.1, 0.15) is 96.5 Å². The molecule has 1 heteroatoms. The molecule has 0 saturated heterocycles. The van der Waals surface area contributed by atoms with E-state index in [0.717, 1.165) is 23.2 Å². The Kier molecular flexibility index (Phi) is 3.01. The quantitative estimate of drug-likeness (QED) is 0.564. The highest BCUT2D eigenvalue weighted by molar-refractivity contribution is 5.29. The number of rotatable bonds is 2. The van der Waals surface area contributed by atoms with Crippen LogP contribution >= 0.6 is 0 Å². The molecule has 4 bridgehead atoms. The van der Waals surface area contributed by atoms with Gasteiger partial charge in [-0.2, -0.15) is 0 Å². The lowest BCUT2D eigenvalue weighted by atomic mass is 9.62. The van der Waals surface area contributed by atoms with E-state index in [2.05, 4.69) is 32.9 Å². The molecule has 1 aliphatic heterocycles. The van der Waals surface area contributed by atoms with E-state index < -0.39 is 0 Å². The summed E-state index contributed by atoms with van der Waals surface area (Å²) < 4.78 is 6.04. The molecule has 2 heterocycles. The fourth-order valence-corrected chi connectivity index (χ4v) is 9.20. The average molecular weight is 353 g/mol. The molecule has 0 aromatic carbocycles. The van der Waals surface area contributed by atoms with Crippen LogP contribution in [0.2, 0.25) is 0 Å². The van der Waals surface area contributed by atoms with Gasteiger partial charge in [-0.1, -0.05) is 20.8 Å². The van der Waals surface area contributed by atoms with Crippen LogP contribution < -0.4 is 0 Å². The van der Waals surface area contributed by atoms with E-state index in [1.807, 2.05) is 0 Å². The monoisotopic (exact) mass is 352 g/mol. The minimum Gasteiger partial charge on any atom is -0.465 e. The molecule has 1 aromatic heterocycles. The maximum absolute atomic E-state index is 6.04. The summed E-state index contributed by atoms with van der Waals surface area (Å²) in [7, 11) is 0. The summed E-state index contributed by atoms with van der Waals surface area (Å²) in [6, 6.07) is 4.48. The van der Waals surface area contributed by atoms with Gasteiger partial charge >= 0.3 is 0 Å². The Morgan fingerprint density at radius 2 is 1.88 bits per heavy atom. The van der Waals surface area contributed by atoms with E-state index in [9.17, 15) is 0 Å². The molecule has 2 spiro atoms. The van der Waals surface area contributed by atoms with Crippen LogP contribution in [-0.2, 0) is 11.8 Å². The molecule has 6 atom stereocenters. The first-order valence-corrected chi connectivity index (χ1v) is 11.4. The van der Waals surface area contributed by atoms with E-state index in [1.54, 1.807) is 19.3 Å². The Morgan fingerprint density at radius 3 is 2.54 bits per heavy atom. The highest BCUT2D eigenvalue weighted by Crippen LogP contribution is 2.70. The molecule has 5 aliphatic rings. The van der Waals surface area contributed by atoms with Crippen molar-refractivity contribution < 1.29 is 4.42 Å². The normalized spacial score (nSPS) is 50.7. The average Bonchev–Trinajstić information content (AvgIpc) is 3.34.